The average molecular weight is 559 g/mol. The molecule has 0 aliphatic carbocycles. The minimum atomic E-state index is -0.500. The van der Waals surface area contributed by atoms with E-state index >= 15 is 0 Å². The number of nitrogens with zero attached hydrogens (tertiary/aromatic N) is 4. The summed E-state index contributed by atoms with van der Waals surface area (Å²) in [5.41, 5.74) is 2.07. The Hall–Kier alpha value is -3.01. The van der Waals surface area contributed by atoms with Crippen LogP contribution in [0.2, 0.25) is 10.0 Å². The number of hydrogen-bond acceptors (Lipinski definition) is 6. The van der Waals surface area contributed by atoms with Gasteiger partial charge in [-0.3, -0.25) is 19.7 Å². The lowest BCUT2D eigenvalue weighted by Gasteiger charge is -2.32. The van der Waals surface area contributed by atoms with Crippen molar-refractivity contribution in [3.05, 3.63) is 78.6 Å². The highest BCUT2D eigenvalue weighted by atomic mass is 35.5. The Labute approximate surface area is 228 Å². The van der Waals surface area contributed by atoms with E-state index in [1.807, 2.05) is 28.5 Å². The summed E-state index contributed by atoms with van der Waals surface area (Å²) in [5, 5.41) is 14.8. The van der Waals surface area contributed by atoms with Crippen molar-refractivity contribution in [2.75, 3.05) is 19.6 Å². The van der Waals surface area contributed by atoms with Crippen LogP contribution >= 0.6 is 34.5 Å². The number of benzene rings is 2. The van der Waals surface area contributed by atoms with Crippen LogP contribution in [0.3, 0.4) is 0 Å². The molecule has 2 aromatic carbocycles. The van der Waals surface area contributed by atoms with E-state index in [1.165, 1.54) is 23.5 Å². The molecule has 2 aliphatic heterocycles. The van der Waals surface area contributed by atoms with Gasteiger partial charge in [0, 0.05) is 60.6 Å². The first-order valence-corrected chi connectivity index (χ1v) is 13.6. The van der Waals surface area contributed by atoms with Crippen molar-refractivity contribution in [2.24, 2.45) is 5.92 Å². The summed E-state index contributed by atoms with van der Waals surface area (Å²) >= 11 is 13.7. The number of rotatable bonds is 6. The second-order valence-corrected chi connectivity index (χ2v) is 11.1. The van der Waals surface area contributed by atoms with Crippen molar-refractivity contribution in [3.8, 4) is 11.3 Å². The van der Waals surface area contributed by atoms with Gasteiger partial charge in [0.1, 0.15) is 5.02 Å². The molecule has 11 heteroatoms. The maximum Gasteiger partial charge on any atom is 0.288 e. The molecule has 3 aromatic rings. The number of carbonyl (C=O) groups excluding carboxylic acids is 2. The number of halogens is 2. The smallest absolute Gasteiger partial charge is 0.288 e. The van der Waals surface area contributed by atoms with Crippen LogP contribution in [0.1, 0.15) is 35.8 Å². The molecule has 1 aromatic heterocycles. The molecular formula is C26H24Cl2N4O4S. The third-order valence-electron chi connectivity index (χ3n) is 7.00. The van der Waals surface area contributed by atoms with E-state index in [-0.39, 0.29) is 40.8 Å². The van der Waals surface area contributed by atoms with E-state index in [0.717, 1.165) is 23.4 Å². The van der Waals surface area contributed by atoms with Gasteiger partial charge in [-0.15, -0.1) is 11.3 Å². The fourth-order valence-electron chi connectivity index (χ4n) is 4.95. The number of hydrogen-bond donors (Lipinski definition) is 0. The zero-order valence-electron chi connectivity index (χ0n) is 19.8. The van der Waals surface area contributed by atoms with E-state index in [2.05, 4.69) is 0 Å². The molecule has 1 unspecified atom stereocenters. The molecule has 0 N–H and O–H groups in total. The molecule has 2 fully saturated rings. The summed E-state index contributed by atoms with van der Waals surface area (Å²) in [6.45, 7) is 2.04. The SMILES string of the molecule is O=C1CC(C(=O)N2CCC(c3nc(-c4ccc(Cl)c([N+](=O)[O-])c4)cs3)CC2)CN1Cc1ccccc1Cl. The summed E-state index contributed by atoms with van der Waals surface area (Å²) in [6, 6.07) is 12.1. The van der Waals surface area contributed by atoms with Crippen molar-refractivity contribution in [2.45, 2.75) is 31.7 Å². The molecule has 192 valence electrons. The van der Waals surface area contributed by atoms with E-state index in [1.54, 1.807) is 17.0 Å². The van der Waals surface area contributed by atoms with E-state index < -0.39 is 4.92 Å². The van der Waals surface area contributed by atoms with Crippen LogP contribution in [0.5, 0.6) is 0 Å². The lowest BCUT2D eigenvalue weighted by atomic mass is 9.96. The van der Waals surface area contributed by atoms with Crippen molar-refractivity contribution >= 4 is 52.0 Å². The Balaban J connectivity index is 1.18. The zero-order chi connectivity index (χ0) is 26.1. The highest BCUT2D eigenvalue weighted by Crippen LogP contribution is 2.36. The first-order valence-electron chi connectivity index (χ1n) is 12.0. The molecule has 0 radical (unpaired) electrons. The molecule has 2 aliphatic rings. The summed E-state index contributed by atoms with van der Waals surface area (Å²) in [5.74, 6) is -0.113. The van der Waals surface area contributed by atoms with Gasteiger partial charge in [-0.1, -0.05) is 47.5 Å². The molecule has 1 atom stereocenters. The van der Waals surface area contributed by atoms with E-state index in [9.17, 15) is 19.7 Å². The van der Waals surface area contributed by atoms with Gasteiger partial charge in [0.25, 0.3) is 5.69 Å². The standard InChI is InChI=1S/C26H24Cl2N4O4S/c27-20-4-2-1-3-18(20)13-31-14-19(12-24(31)33)26(34)30-9-7-16(8-10-30)25-29-22(15-37-25)17-5-6-21(28)23(11-17)32(35)36/h1-6,11,15-16,19H,7-10,12-14H2. The number of carbonyl (C=O) groups is 2. The quantitative estimate of drug-likeness (QED) is 0.282. The highest BCUT2D eigenvalue weighted by molar-refractivity contribution is 7.10. The van der Waals surface area contributed by atoms with Gasteiger partial charge in [0.05, 0.1) is 21.5 Å². The first-order chi connectivity index (χ1) is 17.8. The molecule has 0 saturated carbocycles. The Morgan fingerprint density at radius 1 is 1.14 bits per heavy atom. The van der Waals surface area contributed by atoms with E-state index in [4.69, 9.17) is 28.2 Å². The summed E-state index contributed by atoms with van der Waals surface area (Å²) in [7, 11) is 0. The van der Waals surface area contributed by atoms with Crippen LogP contribution < -0.4 is 0 Å². The van der Waals surface area contributed by atoms with E-state index in [0.29, 0.717) is 42.5 Å². The number of thiazole rings is 1. The Morgan fingerprint density at radius 2 is 1.89 bits per heavy atom. The number of amides is 2. The minimum absolute atomic E-state index is 0.0223. The predicted octanol–water partition coefficient (Wildman–Crippen LogP) is 5.78. The lowest BCUT2D eigenvalue weighted by molar-refractivity contribution is -0.384. The minimum Gasteiger partial charge on any atom is -0.342 e. The second-order valence-electron chi connectivity index (χ2n) is 9.36. The summed E-state index contributed by atoms with van der Waals surface area (Å²) in [6.07, 6.45) is 1.79. The molecule has 8 nitrogen and oxygen atoms in total. The number of aromatic nitrogens is 1. The average Bonchev–Trinajstić information content (AvgIpc) is 3.53. The number of piperidine rings is 1. The van der Waals surface area contributed by atoms with Crippen molar-refractivity contribution in [3.63, 3.8) is 0 Å². The maximum atomic E-state index is 13.2. The molecular weight excluding hydrogens is 535 g/mol. The molecule has 37 heavy (non-hydrogen) atoms. The van der Waals surface area contributed by atoms with Crippen LogP contribution in [0.15, 0.2) is 47.8 Å². The van der Waals surface area contributed by atoms with Crippen molar-refractivity contribution < 1.29 is 14.5 Å². The number of nitro groups is 1. The fourth-order valence-corrected chi connectivity index (χ4v) is 6.33. The van der Waals surface area contributed by atoms with Crippen LogP contribution in [-0.4, -0.2) is 51.2 Å². The van der Waals surface area contributed by atoms with Crippen LogP contribution in [-0.2, 0) is 16.1 Å². The van der Waals surface area contributed by atoms with Gasteiger partial charge in [0.15, 0.2) is 0 Å². The highest BCUT2D eigenvalue weighted by Gasteiger charge is 2.38. The third kappa shape index (κ3) is 5.49. The molecule has 3 heterocycles. The Morgan fingerprint density at radius 3 is 2.62 bits per heavy atom. The molecule has 2 saturated heterocycles. The second kappa shape index (κ2) is 10.8. The molecule has 5 rings (SSSR count). The topological polar surface area (TPSA) is 96.6 Å². The van der Waals surface area contributed by atoms with Crippen LogP contribution in [0.25, 0.3) is 11.3 Å². The van der Waals surface area contributed by atoms with Gasteiger partial charge in [-0.05, 0) is 30.5 Å². The molecule has 0 bridgehead atoms. The zero-order valence-corrected chi connectivity index (χ0v) is 22.1. The number of likely N-dealkylation sites (tertiary alicyclic amines) is 2. The summed E-state index contributed by atoms with van der Waals surface area (Å²) in [4.78, 5) is 44.8. The van der Waals surface area contributed by atoms with Gasteiger partial charge >= 0.3 is 0 Å². The number of nitro benzene ring substituents is 1. The molecule has 0 spiro atoms. The third-order valence-corrected chi connectivity index (χ3v) is 8.69. The predicted molar refractivity (Wildman–Crippen MR) is 143 cm³/mol. The van der Waals surface area contributed by atoms with Gasteiger partial charge in [-0.2, -0.15) is 0 Å². The lowest BCUT2D eigenvalue weighted by Crippen LogP contribution is -2.42. The largest absolute Gasteiger partial charge is 0.342 e. The van der Waals surface area contributed by atoms with Gasteiger partial charge in [-0.25, -0.2) is 4.98 Å². The first kappa shape index (κ1) is 25.6. The van der Waals surface area contributed by atoms with Gasteiger partial charge in [0.2, 0.25) is 11.8 Å². The van der Waals surface area contributed by atoms with Crippen molar-refractivity contribution in [1.82, 2.24) is 14.8 Å². The van der Waals surface area contributed by atoms with Crippen LogP contribution in [0, 0.1) is 16.0 Å². The van der Waals surface area contributed by atoms with Crippen molar-refractivity contribution in [1.29, 1.82) is 0 Å². The maximum absolute atomic E-state index is 13.2. The monoisotopic (exact) mass is 558 g/mol. The van der Waals surface area contributed by atoms with Crippen LogP contribution in [0.4, 0.5) is 5.69 Å². The fraction of sp³-hybridized carbons (Fsp3) is 0.346. The van der Waals surface area contributed by atoms with Gasteiger partial charge < -0.3 is 9.80 Å². The summed E-state index contributed by atoms with van der Waals surface area (Å²) < 4.78 is 0. The normalized spacial score (nSPS) is 18.4. The molecule has 2 amide bonds. The Bertz CT molecular complexity index is 1360. The Kier molecular flexibility index (Phi) is 7.46.